The first-order chi connectivity index (χ1) is 43.8. The summed E-state index contributed by atoms with van der Waals surface area (Å²) >= 11 is 6.11. The standard InChI is InChI=1S/C23H27N7O3.C23H25N7O2.C17H22ClN5O2/c1-14-12-32-9-7-29(14)22-17-4-6-18(16-3-5-19(20(24)31)25-11-16)26-21(17)27-23(28-22)30-8-10-33-13-15(30)2;1-15-13-31-9-7-29(15)22-19-5-6-20(17-3-4-18(11-24)25-12-17)26-21(19)27-23(28-22)30-8-10-32-14-16(30)2;1-11-9-24-7-5-22(11)16-13-3-4-14(18)19-15(13)20-17(21-16)23-6-8-25-10-12(23)2/h3-6,11,14-15H,7-10,12-13H2,1-2H3,(H2,24,31);3-6,12,15-16H,7-10,13-14H2,1-2H3;3-4,11-12H,5-10H2,1-2H3/t14-,15-;15-,16-;11-,12-/m000/s1. The second-order valence-electron chi connectivity index (χ2n) is 23.2. The number of fused-ring (bicyclic) bond motifs is 3. The number of pyridine rings is 5. The fourth-order valence-corrected chi connectivity index (χ4v) is 11.9. The highest BCUT2D eigenvalue weighted by Gasteiger charge is 2.32. The van der Waals surface area contributed by atoms with E-state index in [4.69, 9.17) is 90.9 Å². The van der Waals surface area contributed by atoms with Gasteiger partial charge in [-0.3, -0.25) is 9.78 Å². The fourth-order valence-electron chi connectivity index (χ4n) is 11.8. The molecule has 0 aromatic carbocycles. The first kappa shape index (κ1) is 61.8. The number of hydrogen-bond acceptors (Lipinski definition) is 25. The van der Waals surface area contributed by atoms with Crippen LogP contribution in [-0.2, 0) is 28.4 Å². The summed E-state index contributed by atoms with van der Waals surface area (Å²) in [5.41, 5.74) is 10.9. The third kappa shape index (κ3) is 13.5. The molecule has 0 aliphatic carbocycles. The van der Waals surface area contributed by atoms with Crippen LogP contribution in [0.2, 0.25) is 5.15 Å². The minimum atomic E-state index is -0.561. The zero-order valence-electron chi connectivity index (χ0n) is 51.5. The third-order valence-corrected chi connectivity index (χ3v) is 17.0. The van der Waals surface area contributed by atoms with Gasteiger partial charge in [0.2, 0.25) is 17.8 Å². The monoisotopic (exact) mass is 1240 g/mol. The topological polar surface area (TPSA) is 283 Å². The van der Waals surface area contributed by atoms with Crippen molar-refractivity contribution in [2.45, 2.75) is 77.8 Å². The van der Waals surface area contributed by atoms with Gasteiger partial charge in [0.05, 0.1) is 143 Å². The molecule has 90 heavy (non-hydrogen) atoms. The van der Waals surface area contributed by atoms with Crippen molar-refractivity contribution in [3.63, 3.8) is 0 Å². The lowest BCUT2D eigenvalue weighted by molar-refractivity contribution is 0.0972. The lowest BCUT2D eigenvalue weighted by atomic mass is 10.1. The molecule has 2 N–H and O–H groups in total. The maximum atomic E-state index is 11.4. The van der Waals surface area contributed by atoms with Crippen LogP contribution >= 0.6 is 11.6 Å². The minimum absolute atomic E-state index is 0.167. The number of rotatable bonds is 9. The van der Waals surface area contributed by atoms with Crippen LogP contribution in [0, 0.1) is 11.3 Å². The molecule has 6 aliphatic rings. The maximum absolute atomic E-state index is 11.4. The summed E-state index contributed by atoms with van der Waals surface area (Å²) < 4.78 is 33.6. The summed E-state index contributed by atoms with van der Waals surface area (Å²) in [5.74, 6) is 4.10. The summed E-state index contributed by atoms with van der Waals surface area (Å²) in [4.78, 5) is 76.6. The molecule has 27 heteroatoms. The van der Waals surface area contributed by atoms with Crippen LogP contribution < -0.4 is 35.1 Å². The number of carbonyl (C=O) groups is 1. The van der Waals surface area contributed by atoms with Gasteiger partial charge >= 0.3 is 0 Å². The lowest BCUT2D eigenvalue weighted by Crippen LogP contribution is -2.46. The van der Waals surface area contributed by atoms with Gasteiger partial charge in [0, 0.05) is 62.8 Å². The fraction of sp³-hybridized carbons (Fsp3) is 0.476. The average Bonchev–Trinajstić information content (AvgIpc) is 0.864. The maximum Gasteiger partial charge on any atom is 0.267 e. The molecule has 0 spiro atoms. The highest BCUT2D eigenvalue weighted by molar-refractivity contribution is 6.29. The van der Waals surface area contributed by atoms with Crippen molar-refractivity contribution in [1.29, 1.82) is 5.26 Å². The van der Waals surface area contributed by atoms with Gasteiger partial charge in [0.25, 0.3) is 5.91 Å². The summed E-state index contributed by atoms with van der Waals surface area (Å²) in [6.07, 6.45) is 3.27. The molecule has 0 bridgehead atoms. The SMILES string of the molecule is C[C@H]1COCCN1c1nc(N2CCOC[C@@H]2C)c2ccc(-c3ccc(C#N)nc3)nc2n1.C[C@H]1COCCN1c1nc(N2CCOC[C@@H]2C)c2ccc(-c3ccc(C(N)=O)nc3)nc2n1.C[C@H]1COCCN1c1nc(N2CCOC[C@@H]2C)c2ccc(Cl)nc2n1. The van der Waals surface area contributed by atoms with E-state index in [0.29, 0.717) is 131 Å². The van der Waals surface area contributed by atoms with Crippen molar-refractivity contribution in [2.24, 2.45) is 5.73 Å². The van der Waals surface area contributed by atoms with Crippen molar-refractivity contribution < 1.29 is 33.2 Å². The number of nitrogens with two attached hydrogens (primary N) is 1. The van der Waals surface area contributed by atoms with Crippen LogP contribution in [0.25, 0.3) is 55.6 Å². The van der Waals surface area contributed by atoms with Crippen LogP contribution in [-0.4, -0.2) is 216 Å². The Kier molecular flexibility index (Phi) is 19.1. The van der Waals surface area contributed by atoms with E-state index >= 15 is 0 Å². The van der Waals surface area contributed by atoms with E-state index in [1.54, 1.807) is 36.7 Å². The van der Waals surface area contributed by atoms with Crippen molar-refractivity contribution in [2.75, 3.05) is 148 Å². The number of nitriles is 1. The number of hydrogen-bond donors (Lipinski definition) is 1. The molecule has 26 nitrogen and oxygen atoms in total. The molecule has 470 valence electrons. The molecule has 1 amide bonds. The van der Waals surface area contributed by atoms with Crippen LogP contribution in [0.1, 0.15) is 57.7 Å². The number of primary amides is 1. The van der Waals surface area contributed by atoms with Crippen molar-refractivity contribution in [3.8, 4) is 28.6 Å². The predicted molar refractivity (Wildman–Crippen MR) is 342 cm³/mol. The molecule has 6 fully saturated rings. The van der Waals surface area contributed by atoms with Crippen molar-refractivity contribution >= 4 is 85.9 Å². The summed E-state index contributed by atoms with van der Waals surface area (Å²) in [5, 5.41) is 12.2. The number of aromatic nitrogens is 11. The van der Waals surface area contributed by atoms with Crippen molar-refractivity contribution in [3.05, 3.63) is 89.6 Å². The molecular formula is C63H74ClN19O7. The second kappa shape index (κ2) is 27.8. The molecule has 0 unspecified atom stereocenters. The van der Waals surface area contributed by atoms with Crippen LogP contribution in [0.4, 0.5) is 35.3 Å². The molecule has 6 aliphatic heterocycles. The Hall–Kier alpha value is -8.42. The van der Waals surface area contributed by atoms with Gasteiger partial charge < -0.3 is 63.6 Å². The molecule has 0 radical (unpaired) electrons. The Bertz CT molecular complexity index is 3890. The minimum Gasteiger partial charge on any atom is -0.377 e. The molecule has 6 atom stereocenters. The molecule has 8 aromatic heterocycles. The Labute approximate surface area is 526 Å². The number of morpholine rings is 6. The molecule has 0 saturated carbocycles. The van der Waals surface area contributed by atoms with E-state index < -0.39 is 5.91 Å². The normalized spacial score (nSPS) is 22.4. The van der Waals surface area contributed by atoms with Gasteiger partial charge in [-0.15, -0.1) is 0 Å². The first-order valence-electron chi connectivity index (χ1n) is 30.7. The smallest absolute Gasteiger partial charge is 0.267 e. The first-order valence-corrected chi connectivity index (χ1v) is 31.1. The second-order valence-corrected chi connectivity index (χ2v) is 23.6. The van der Waals surface area contributed by atoms with Gasteiger partial charge in [0.15, 0.2) is 16.9 Å². The number of nitrogens with zero attached hydrogens (tertiary/aromatic N) is 18. The number of ether oxygens (including phenoxy) is 6. The van der Waals surface area contributed by atoms with Crippen LogP contribution in [0.15, 0.2) is 73.1 Å². The van der Waals surface area contributed by atoms with Gasteiger partial charge in [0.1, 0.15) is 40.1 Å². The number of amides is 1. The Morgan fingerprint density at radius 2 is 0.789 bits per heavy atom. The lowest BCUT2D eigenvalue weighted by Gasteiger charge is -2.37. The number of carbonyl (C=O) groups excluding carboxylic acids is 1. The van der Waals surface area contributed by atoms with Gasteiger partial charge in [-0.05, 0) is 102 Å². The molecule has 8 aromatic rings. The third-order valence-electron chi connectivity index (χ3n) is 16.8. The van der Waals surface area contributed by atoms with E-state index in [-0.39, 0.29) is 41.9 Å². The molecule has 6 saturated heterocycles. The largest absolute Gasteiger partial charge is 0.377 e. The number of halogens is 1. The quantitative estimate of drug-likeness (QED) is 0.158. The van der Waals surface area contributed by atoms with Crippen molar-refractivity contribution in [1.82, 2.24) is 54.8 Å². The van der Waals surface area contributed by atoms with E-state index in [1.807, 2.05) is 42.5 Å². The van der Waals surface area contributed by atoms with Crippen LogP contribution in [0.3, 0.4) is 0 Å². The average molecular weight is 1240 g/mol. The highest BCUT2D eigenvalue weighted by Crippen LogP contribution is 2.35. The van der Waals surface area contributed by atoms with E-state index in [2.05, 4.69) is 85.9 Å². The van der Waals surface area contributed by atoms with Crippen LogP contribution in [0.5, 0.6) is 0 Å². The van der Waals surface area contributed by atoms with Gasteiger partial charge in [-0.25, -0.2) is 19.9 Å². The summed E-state index contributed by atoms with van der Waals surface area (Å²) in [7, 11) is 0. The van der Waals surface area contributed by atoms with E-state index in [0.717, 1.165) is 89.7 Å². The molecule has 14 heterocycles. The predicted octanol–water partition coefficient (Wildman–Crippen LogP) is 6.17. The molecular weight excluding hydrogens is 1170 g/mol. The Morgan fingerprint density at radius 1 is 0.444 bits per heavy atom. The highest BCUT2D eigenvalue weighted by atomic mass is 35.5. The van der Waals surface area contributed by atoms with E-state index in [9.17, 15) is 4.79 Å². The number of anilines is 6. The summed E-state index contributed by atoms with van der Waals surface area (Å²) in [6, 6.07) is 21.9. The zero-order chi connectivity index (χ0) is 62.4. The Morgan fingerprint density at radius 3 is 1.11 bits per heavy atom. The zero-order valence-corrected chi connectivity index (χ0v) is 52.2. The Balaban J connectivity index is 0.000000132. The summed E-state index contributed by atoms with van der Waals surface area (Å²) in [6.45, 7) is 25.3. The van der Waals surface area contributed by atoms with Gasteiger partial charge in [-0.2, -0.15) is 35.2 Å². The van der Waals surface area contributed by atoms with E-state index in [1.165, 1.54) is 0 Å². The molecule has 14 rings (SSSR count). The van der Waals surface area contributed by atoms with Gasteiger partial charge in [-0.1, -0.05) is 11.6 Å².